The number of aromatic nitrogens is 3. The van der Waals surface area contributed by atoms with Gasteiger partial charge in [0.2, 0.25) is 0 Å². The summed E-state index contributed by atoms with van der Waals surface area (Å²) in [5.41, 5.74) is 1.83. The second-order valence-electron chi connectivity index (χ2n) is 4.29. The molecule has 2 heterocycles. The van der Waals surface area contributed by atoms with E-state index in [2.05, 4.69) is 19.9 Å². The Morgan fingerprint density at radius 1 is 1.35 bits per heavy atom. The Kier molecular flexibility index (Phi) is 4.48. The average Bonchev–Trinajstić information content (AvgIpc) is 2.81. The lowest BCUT2D eigenvalue weighted by Gasteiger charge is -2.06. The first kappa shape index (κ1) is 14.6. The lowest BCUT2D eigenvalue weighted by atomic mass is 10.2. The molecule has 0 atom stereocenters. The van der Waals surface area contributed by atoms with Gasteiger partial charge in [0.15, 0.2) is 5.03 Å². The number of pyridine rings is 1. The van der Waals surface area contributed by atoms with E-state index in [4.69, 9.17) is 0 Å². The molecule has 0 aliphatic heterocycles. The number of aromatic amines is 1. The van der Waals surface area contributed by atoms with Crippen LogP contribution in [0.5, 0.6) is 0 Å². The predicted molar refractivity (Wildman–Crippen MR) is 72.4 cm³/mol. The molecule has 8 heteroatoms. The molecule has 2 rings (SSSR count). The molecule has 0 saturated heterocycles. The lowest BCUT2D eigenvalue weighted by Crippen LogP contribution is -2.27. The van der Waals surface area contributed by atoms with E-state index in [9.17, 15) is 13.5 Å². The number of sulfonamides is 1. The number of aryl methyl sites for hydroxylation is 1. The van der Waals surface area contributed by atoms with E-state index in [1.54, 1.807) is 19.3 Å². The van der Waals surface area contributed by atoms with Gasteiger partial charge in [0.1, 0.15) is 0 Å². The Balaban J connectivity index is 2.04. The van der Waals surface area contributed by atoms with Gasteiger partial charge in [-0.1, -0.05) is 0 Å². The quantitative estimate of drug-likeness (QED) is 0.702. The molecule has 0 amide bonds. The van der Waals surface area contributed by atoms with E-state index < -0.39 is 10.0 Å². The van der Waals surface area contributed by atoms with Crippen LogP contribution in [0.15, 0.2) is 29.6 Å². The zero-order valence-corrected chi connectivity index (χ0v) is 11.8. The summed E-state index contributed by atoms with van der Waals surface area (Å²) in [6.45, 7) is 1.54. The average molecular weight is 296 g/mol. The zero-order chi connectivity index (χ0) is 14.6. The van der Waals surface area contributed by atoms with Crippen molar-refractivity contribution in [2.24, 2.45) is 0 Å². The van der Waals surface area contributed by atoms with Crippen molar-refractivity contribution in [3.05, 3.63) is 41.3 Å². The van der Waals surface area contributed by atoms with Crippen LogP contribution in [-0.4, -0.2) is 35.3 Å². The van der Waals surface area contributed by atoms with Crippen LogP contribution in [0.2, 0.25) is 0 Å². The number of rotatable bonds is 6. The number of nitrogens with one attached hydrogen (secondary N) is 2. The minimum atomic E-state index is -3.72. The standard InChI is InChI=1S/C12H16N4O3S/c1-9-11(8-17)12(16-15-9)20(18,19)14-7-4-10-2-5-13-6-3-10/h2-3,5-6,14,17H,4,7-8H2,1H3,(H,15,16). The van der Waals surface area contributed by atoms with E-state index in [-0.39, 0.29) is 18.2 Å². The van der Waals surface area contributed by atoms with Gasteiger partial charge in [-0.15, -0.1) is 0 Å². The maximum atomic E-state index is 12.1. The summed E-state index contributed by atoms with van der Waals surface area (Å²) in [5.74, 6) is 0. The molecule has 2 aromatic rings. The molecule has 0 fully saturated rings. The van der Waals surface area contributed by atoms with Gasteiger partial charge < -0.3 is 5.11 Å². The Morgan fingerprint density at radius 2 is 2.05 bits per heavy atom. The predicted octanol–water partition coefficient (Wildman–Crippen LogP) is 0.126. The van der Waals surface area contributed by atoms with Gasteiger partial charge in [-0.3, -0.25) is 10.1 Å². The second-order valence-corrected chi connectivity index (χ2v) is 5.98. The number of aliphatic hydroxyl groups is 1. The van der Waals surface area contributed by atoms with Crippen LogP contribution < -0.4 is 4.72 Å². The van der Waals surface area contributed by atoms with Crippen molar-refractivity contribution in [1.82, 2.24) is 19.9 Å². The molecule has 3 N–H and O–H groups in total. The van der Waals surface area contributed by atoms with Crippen LogP contribution in [-0.2, 0) is 23.1 Å². The van der Waals surface area contributed by atoms with Gasteiger partial charge in [0.05, 0.1) is 6.61 Å². The lowest BCUT2D eigenvalue weighted by molar-refractivity contribution is 0.277. The van der Waals surface area contributed by atoms with Crippen molar-refractivity contribution >= 4 is 10.0 Å². The Hall–Kier alpha value is -1.77. The molecule has 0 saturated carbocycles. The highest BCUT2D eigenvalue weighted by Gasteiger charge is 2.22. The molecule has 2 aromatic heterocycles. The molecular weight excluding hydrogens is 280 g/mol. The number of aliphatic hydroxyl groups excluding tert-OH is 1. The van der Waals surface area contributed by atoms with Crippen molar-refractivity contribution in [2.45, 2.75) is 25.0 Å². The minimum Gasteiger partial charge on any atom is -0.392 e. The molecule has 20 heavy (non-hydrogen) atoms. The molecule has 0 aromatic carbocycles. The Morgan fingerprint density at radius 3 is 2.70 bits per heavy atom. The van der Waals surface area contributed by atoms with E-state index >= 15 is 0 Å². The summed E-state index contributed by atoms with van der Waals surface area (Å²) >= 11 is 0. The SMILES string of the molecule is Cc1[nH]nc(S(=O)(=O)NCCc2ccncc2)c1CO. The van der Waals surface area contributed by atoms with Crippen LogP contribution in [0.1, 0.15) is 16.8 Å². The first-order chi connectivity index (χ1) is 9.54. The molecule has 0 radical (unpaired) electrons. The van der Waals surface area contributed by atoms with Gasteiger partial charge >= 0.3 is 0 Å². The largest absolute Gasteiger partial charge is 0.392 e. The van der Waals surface area contributed by atoms with Crippen LogP contribution in [0.25, 0.3) is 0 Å². The van der Waals surface area contributed by atoms with Gasteiger partial charge in [-0.2, -0.15) is 5.10 Å². The highest BCUT2D eigenvalue weighted by Crippen LogP contribution is 2.15. The van der Waals surface area contributed by atoms with E-state index in [1.807, 2.05) is 12.1 Å². The maximum absolute atomic E-state index is 12.1. The van der Waals surface area contributed by atoms with Crippen LogP contribution >= 0.6 is 0 Å². The zero-order valence-electron chi connectivity index (χ0n) is 11.0. The van der Waals surface area contributed by atoms with Crippen LogP contribution in [0.4, 0.5) is 0 Å². The highest BCUT2D eigenvalue weighted by atomic mass is 32.2. The molecule has 0 aliphatic rings. The summed E-state index contributed by atoms with van der Waals surface area (Å²) in [5, 5.41) is 15.4. The van der Waals surface area contributed by atoms with Crippen molar-refractivity contribution in [1.29, 1.82) is 0 Å². The van der Waals surface area contributed by atoms with Crippen molar-refractivity contribution < 1.29 is 13.5 Å². The molecule has 0 aliphatic carbocycles. The van der Waals surface area contributed by atoms with Crippen molar-refractivity contribution in [3.63, 3.8) is 0 Å². The Labute approximate surface area is 117 Å². The fourth-order valence-electron chi connectivity index (χ4n) is 1.79. The fraction of sp³-hybridized carbons (Fsp3) is 0.333. The monoisotopic (exact) mass is 296 g/mol. The first-order valence-corrected chi connectivity index (χ1v) is 7.56. The Bertz CT molecular complexity index is 667. The molecule has 0 bridgehead atoms. The van der Waals surface area contributed by atoms with Crippen molar-refractivity contribution in [2.75, 3.05) is 6.54 Å². The van der Waals surface area contributed by atoms with Gasteiger partial charge in [-0.25, -0.2) is 13.1 Å². The summed E-state index contributed by atoms with van der Waals surface area (Å²) in [4.78, 5) is 3.89. The normalized spacial score (nSPS) is 11.7. The van der Waals surface area contributed by atoms with E-state index in [1.165, 1.54) is 0 Å². The molecular formula is C12H16N4O3S. The van der Waals surface area contributed by atoms with Crippen LogP contribution in [0, 0.1) is 6.92 Å². The number of H-pyrrole nitrogens is 1. The smallest absolute Gasteiger partial charge is 0.260 e. The maximum Gasteiger partial charge on any atom is 0.260 e. The molecule has 7 nitrogen and oxygen atoms in total. The number of hydrogen-bond donors (Lipinski definition) is 3. The van der Waals surface area contributed by atoms with Gasteiger partial charge in [-0.05, 0) is 31.0 Å². The topological polar surface area (TPSA) is 108 Å². The summed E-state index contributed by atoms with van der Waals surface area (Å²) < 4.78 is 26.7. The number of nitrogens with zero attached hydrogens (tertiary/aromatic N) is 2. The third-order valence-corrected chi connectivity index (χ3v) is 4.33. The molecule has 0 unspecified atom stereocenters. The van der Waals surface area contributed by atoms with Crippen molar-refractivity contribution in [3.8, 4) is 0 Å². The molecule has 108 valence electrons. The van der Waals surface area contributed by atoms with E-state index in [0.717, 1.165) is 5.56 Å². The van der Waals surface area contributed by atoms with Crippen LogP contribution in [0.3, 0.4) is 0 Å². The highest BCUT2D eigenvalue weighted by molar-refractivity contribution is 7.89. The summed E-state index contributed by atoms with van der Waals surface area (Å²) in [6, 6.07) is 3.65. The first-order valence-electron chi connectivity index (χ1n) is 6.08. The number of hydrogen-bond acceptors (Lipinski definition) is 5. The minimum absolute atomic E-state index is 0.146. The summed E-state index contributed by atoms with van der Waals surface area (Å²) in [7, 11) is -3.72. The third-order valence-electron chi connectivity index (χ3n) is 2.90. The molecule has 0 spiro atoms. The van der Waals surface area contributed by atoms with E-state index in [0.29, 0.717) is 17.7 Å². The summed E-state index contributed by atoms with van der Waals surface area (Å²) in [6.07, 6.45) is 3.87. The fourth-order valence-corrected chi connectivity index (χ4v) is 3.00. The third kappa shape index (κ3) is 3.21. The second kappa shape index (κ2) is 6.12. The van der Waals surface area contributed by atoms with Gasteiger partial charge in [0, 0.05) is 30.2 Å². The van der Waals surface area contributed by atoms with Gasteiger partial charge in [0.25, 0.3) is 10.0 Å².